The summed E-state index contributed by atoms with van der Waals surface area (Å²) in [6.07, 6.45) is 0.555. The number of hydrogen-bond acceptors (Lipinski definition) is 3. The molecule has 0 amide bonds. The number of aromatic nitrogens is 1. The highest BCUT2D eigenvalue weighted by Gasteiger charge is 2.25. The van der Waals surface area contributed by atoms with Crippen LogP contribution in [0.25, 0.3) is 27.1 Å². The molecule has 0 unspecified atom stereocenters. The van der Waals surface area contributed by atoms with Crippen LogP contribution >= 0.6 is 0 Å². The number of nitrogens with zero attached hydrogens (tertiary/aromatic N) is 2. The monoisotopic (exact) mass is 451 g/mol. The van der Waals surface area contributed by atoms with Crippen molar-refractivity contribution in [2.45, 2.75) is 32.4 Å². The van der Waals surface area contributed by atoms with Crippen LogP contribution in [0.1, 0.15) is 37.0 Å². The molecule has 1 heterocycles. The van der Waals surface area contributed by atoms with E-state index in [1.54, 1.807) is 49.7 Å². The number of sulfonamides is 1. The molecule has 2 aromatic carbocycles. The van der Waals surface area contributed by atoms with E-state index in [-0.39, 0.29) is 5.69 Å². The fourth-order valence-electron chi connectivity index (χ4n) is 3.61. The molecular formula is C24H25N3O4S. The number of nitrogens with one attached hydrogen (secondary N) is 1. The van der Waals surface area contributed by atoms with Gasteiger partial charge in [-0.1, -0.05) is 43.3 Å². The second kappa shape index (κ2) is 8.89. The zero-order chi connectivity index (χ0) is 23.6. The second-order valence-electron chi connectivity index (χ2n) is 7.70. The summed E-state index contributed by atoms with van der Waals surface area (Å²) in [5.74, 6) is -1.07. The van der Waals surface area contributed by atoms with Crippen LogP contribution in [0.3, 0.4) is 0 Å². The smallest absolute Gasteiger partial charge is 0.351 e. The summed E-state index contributed by atoms with van der Waals surface area (Å²) in [5.41, 5.74) is 4.50. The van der Waals surface area contributed by atoms with Crippen LogP contribution in [0, 0.1) is 6.57 Å². The van der Waals surface area contributed by atoms with Gasteiger partial charge in [-0.05, 0) is 49.1 Å². The molecular weight excluding hydrogens is 426 g/mol. The predicted octanol–water partition coefficient (Wildman–Crippen LogP) is 5.32. The van der Waals surface area contributed by atoms with E-state index in [1.165, 1.54) is 0 Å². The Balaban J connectivity index is 1.96. The Morgan fingerprint density at radius 1 is 1.06 bits per heavy atom. The summed E-state index contributed by atoms with van der Waals surface area (Å²) in [5, 5.41) is 9.21. The van der Waals surface area contributed by atoms with Crippen molar-refractivity contribution in [1.29, 1.82) is 0 Å². The van der Waals surface area contributed by atoms with Gasteiger partial charge in [0.1, 0.15) is 5.69 Å². The van der Waals surface area contributed by atoms with Gasteiger partial charge in [-0.3, -0.25) is 4.72 Å². The van der Waals surface area contributed by atoms with Gasteiger partial charge in [0.05, 0.1) is 11.8 Å². The first kappa shape index (κ1) is 23.1. The van der Waals surface area contributed by atoms with Crippen LogP contribution in [-0.4, -0.2) is 29.3 Å². The zero-order valence-electron chi connectivity index (χ0n) is 18.4. The van der Waals surface area contributed by atoms with Gasteiger partial charge in [-0.25, -0.2) is 18.1 Å². The summed E-state index contributed by atoms with van der Waals surface area (Å²) in [4.78, 5) is 15.5. The molecule has 0 saturated heterocycles. The fourth-order valence-corrected chi connectivity index (χ4v) is 4.31. The standard InChI is InChI=1S/C24H25N3O4S/c1-6-20-22(25-4)21(23(24(28)29)27(20)5)18-9-7-16(8-10-18)17-11-13-19(14-12-17)26-32(30,31)15(2)3/h7-15,26H,6H2,1-3,5H3,(H,28,29). The number of rotatable bonds is 7. The Hall–Kier alpha value is -3.57. The molecule has 166 valence electrons. The number of hydrogen-bond donors (Lipinski definition) is 2. The molecule has 1 aromatic heterocycles. The molecule has 3 aromatic rings. The van der Waals surface area contributed by atoms with E-state index >= 15 is 0 Å². The third-order valence-corrected chi connectivity index (χ3v) is 7.17. The first-order valence-corrected chi connectivity index (χ1v) is 11.7. The van der Waals surface area contributed by atoms with Gasteiger partial charge in [0, 0.05) is 24.0 Å². The van der Waals surface area contributed by atoms with Crippen LogP contribution in [0.2, 0.25) is 0 Å². The molecule has 0 bridgehead atoms. The minimum Gasteiger partial charge on any atom is -0.477 e. The minimum atomic E-state index is -3.41. The molecule has 0 aliphatic heterocycles. The maximum Gasteiger partial charge on any atom is 0.351 e. The van der Waals surface area contributed by atoms with Crippen LogP contribution in [0.15, 0.2) is 48.5 Å². The van der Waals surface area contributed by atoms with Gasteiger partial charge in [-0.2, -0.15) is 0 Å². The fraction of sp³-hybridized carbons (Fsp3) is 0.250. The Kier molecular flexibility index (Phi) is 6.42. The van der Waals surface area contributed by atoms with E-state index in [1.807, 2.05) is 31.2 Å². The predicted molar refractivity (Wildman–Crippen MR) is 127 cm³/mol. The SMILES string of the molecule is [C-]#[N+]c1c(-c2ccc(-c3ccc(NS(=O)(=O)C(C)C)cc3)cc2)c(C(=O)O)n(C)c1CC. The minimum absolute atomic E-state index is 0.0994. The Bertz CT molecular complexity index is 1300. The van der Waals surface area contributed by atoms with Crippen molar-refractivity contribution in [3.8, 4) is 22.3 Å². The summed E-state index contributed by atoms with van der Waals surface area (Å²) < 4.78 is 28.2. The summed E-state index contributed by atoms with van der Waals surface area (Å²) in [6, 6.07) is 14.4. The quantitative estimate of drug-likeness (QED) is 0.476. The van der Waals surface area contributed by atoms with Crippen molar-refractivity contribution in [1.82, 2.24) is 4.57 Å². The van der Waals surface area contributed by atoms with Gasteiger partial charge in [-0.15, -0.1) is 0 Å². The maximum absolute atomic E-state index is 12.0. The van der Waals surface area contributed by atoms with Crippen molar-refractivity contribution in [3.05, 3.63) is 71.3 Å². The van der Waals surface area contributed by atoms with Gasteiger partial charge in [0.2, 0.25) is 15.7 Å². The molecule has 8 heteroatoms. The first-order chi connectivity index (χ1) is 15.1. The molecule has 3 rings (SSSR count). The van der Waals surface area contributed by atoms with Crippen LogP contribution in [0.5, 0.6) is 0 Å². The molecule has 0 radical (unpaired) electrons. The Morgan fingerprint density at radius 2 is 1.56 bits per heavy atom. The van der Waals surface area contributed by atoms with Crippen LogP contribution in [0.4, 0.5) is 11.4 Å². The van der Waals surface area contributed by atoms with Crippen molar-refractivity contribution < 1.29 is 18.3 Å². The van der Waals surface area contributed by atoms with E-state index in [4.69, 9.17) is 6.57 Å². The lowest BCUT2D eigenvalue weighted by molar-refractivity contribution is 0.0687. The topological polar surface area (TPSA) is 92.8 Å². The van der Waals surface area contributed by atoms with Crippen LogP contribution < -0.4 is 4.72 Å². The van der Waals surface area contributed by atoms with Gasteiger partial charge in [0.25, 0.3) is 0 Å². The third-order valence-electron chi connectivity index (χ3n) is 5.41. The van der Waals surface area contributed by atoms with E-state index in [0.717, 1.165) is 11.1 Å². The average molecular weight is 452 g/mol. The summed E-state index contributed by atoms with van der Waals surface area (Å²) in [6.45, 7) is 12.7. The lowest BCUT2D eigenvalue weighted by atomic mass is 9.99. The molecule has 0 atom stereocenters. The van der Waals surface area contributed by atoms with E-state index in [9.17, 15) is 18.3 Å². The maximum atomic E-state index is 12.0. The summed E-state index contributed by atoms with van der Waals surface area (Å²) in [7, 11) is -1.74. The molecule has 0 aliphatic rings. The van der Waals surface area contributed by atoms with E-state index in [2.05, 4.69) is 9.57 Å². The number of carboxylic acid groups (broad SMARTS) is 1. The number of benzene rings is 2. The molecule has 0 aliphatic carbocycles. The highest BCUT2D eigenvalue weighted by Crippen LogP contribution is 2.40. The van der Waals surface area contributed by atoms with Gasteiger partial charge in [0.15, 0.2) is 0 Å². The van der Waals surface area contributed by atoms with Crippen molar-refractivity contribution in [2.24, 2.45) is 7.05 Å². The van der Waals surface area contributed by atoms with E-state index in [0.29, 0.717) is 34.6 Å². The van der Waals surface area contributed by atoms with Gasteiger partial charge < -0.3 is 9.67 Å². The van der Waals surface area contributed by atoms with E-state index < -0.39 is 21.2 Å². The summed E-state index contributed by atoms with van der Waals surface area (Å²) >= 11 is 0. The van der Waals surface area contributed by atoms with Crippen molar-refractivity contribution >= 4 is 27.4 Å². The van der Waals surface area contributed by atoms with Crippen LogP contribution in [-0.2, 0) is 23.5 Å². The molecule has 0 spiro atoms. The number of carboxylic acids is 1. The second-order valence-corrected chi connectivity index (χ2v) is 9.94. The molecule has 7 nitrogen and oxygen atoms in total. The molecule has 0 fully saturated rings. The average Bonchev–Trinajstić information content (AvgIpc) is 3.05. The number of carbonyl (C=O) groups is 1. The highest BCUT2D eigenvalue weighted by molar-refractivity contribution is 7.93. The van der Waals surface area contributed by atoms with Crippen molar-refractivity contribution in [3.63, 3.8) is 0 Å². The normalized spacial score (nSPS) is 11.4. The molecule has 32 heavy (non-hydrogen) atoms. The number of anilines is 1. The Morgan fingerprint density at radius 3 is 2.00 bits per heavy atom. The molecule has 2 N–H and O–H groups in total. The lowest BCUT2D eigenvalue weighted by Crippen LogP contribution is -2.22. The lowest BCUT2D eigenvalue weighted by Gasteiger charge is -2.11. The third kappa shape index (κ3) is 4.25. The van der Waals surface area contributed by atoms with Crippen molar-refractivity contribution in [2.75, 3.05) is 4.72 Å². The molecule has 0 saturated carbocycles. The van der Waals surface area contributed by atoms with Gasteiger partial charge >= 0.3 is 5.97 Å². The number of aromatic carboxylic acids is 1. The largest absolute Gasteiger partial charge is 0.477 e. The first-order valence-electron chi connectivity index (χ1n) is 10.2. The highest BCUT2D eigenvalue weighted by atomic mass is 32.2. The Labute approximate surface area is 188 Å². The zero-order valence-corrected chi connectivity index (χ0v) is 19.2.